The van der Waals surface area contributed by atoms with E-state index in [1.165, 1.54) is 0 Å². The normalized spacial score (nSPS) is 12.3. The Morgan fingerprint density at radius 3 is 1.30 bits per heavy atom. The van der Waals surface area contributed by atoms with Crippen LogP contribution in [0.5, 0.6) is 0 Å². The van der Waals surface area contributed by atoms with Crippen LogP contribution in [0.25, 0.3) is 0 Å². The molecule has 2 unspecified atom stereocenters. The topological polar surface area (TPSA) is 80.3 Å². The molecule has 2 atom stereocenters. The molecule has 0 rings (SSSR count). The van der Waals surface area contributed by atoms with Gasteiger partial charge in [0.1, 0.15) is 0 Å². The molecule has 0 spiro atoms. The van der Waals surface area contributed by atoms with E-state index in [1.54, 1.807) is 13.8 Å². The van der Waals surface area contributed by atoms with Gasteiger partial charge in [0.25, 0.3) is 0 Å². The Bertz CT molecular complexity index is 263. The zero-order valence-corrected chi connectivity index (χ0v) is 16.5. The van der Waals surface area contributed by atoms with E-state index >= 15 is 0 Å². The number of hydrogen-bond acceptors (Lipinski definition) is 4. The molecule has 0 amide bonds. The van der Waals surface area contributed by atoms with E-state index in [1.807, 2.05) is 0 Å². The van der Waals surface area contributed by atoms with E-state index in [4.69, 9.17) is 0 Å². The average Bonchev–Trinajstić information content (AvgIpc) is 2.47. The second-order valence-corrected chi connectivity index (χ2v) is 5.25. The molecule has 0 bridgehead atoms. The maximum atomic E-state index is 12.5. The van der Waals surface area contributed by atoms with Crippen LogP contribution < -0.4 is 10.2 Å². The second kappa shape index (κ2) is 20.1. The summed E-state index contributed by atoms with van der Waals surface area (Å²) in [5.74, 6) is -2.09. The SMILES string of the molecule is CCC(F)CCCCC(=O)[O-].CCC(F)CCCCC(=O)[O-].[Ca+2]. The molecule has 0 fully saturated rings. The minimum Gasteiger partial charge on any atom is -0.550 e. The van der Waals surface area contributed by atoms with Crippen LogP contribution in [0.3, 0.4) is 0 Å². The smallest absolute Gasteiger partial charge is 0.550 e. The Morgan fingerprint density at radius 1 is 0.783 bits per heavy atom. The zero-order valence-electron chi connectivity index (χ0n) is 14.3. The van der Waals surface area contributed by atoms with E-state index in [2.05, 4.69) is 0 Å². The third-order valence-corrected chi connectivity index (χ3v) is 3.18. The molecule has 0 saturated carbocycles. The van der Waals surface area contributed by atoms with Crippen LogP contribution in [0.4, 0.5) is 8.78 Å². The van der Waals surface area contributed by atoms with Crippen molar-refractivity contribution in [3.63, 3.8) is 0 Å². The molecule has 0 aromatic heterocycles. The molecule has 0 aliphatic carbocycles. The van der Waals surface area contributed by atoms with Crippen LogP contribution in [-0.2, 0) is 9.59 Å². The third kappa shape index (κ3) is 27.2. The minimum absolute atomic E-state index is 0. The van der Waals surface area contributed by atoms with Gasteiger partial charge in [0, 0.05) is 11.9 Å². The molecular formula is C16H28CaF2O4. The fourth-order valence-corrected chi connectivity index (χ4v) is 1.68. The van der Waals surface area contributed by atoms with Crippen molar-refractivity contribution in [1.82, 2.24) is 0 Å². The Hall–Kier alpha value is 0.0597. The largest absolute Gasteiger partial charge is 2.00 e. The standard InChI is InChI=1S/2C8H15FO2.Ca/c2*1-2-7(9)5-3-4-6-8(10)11;/h2*7H,2-6H2,1H3,(H,10,11);/q;;+2/p-2. The quantitative estimate of drug-likeness (QED) is 0.391. The van der Waals surface area contributed by atoms with Gasteiger partial charge in [0.15, 0.2) is 0 Å². The number of halogens is 2. The number of unbranched alkanes of at least 4 members (excludes halogenated alkanes) is 2. The van der Waals surface area contributed by atoms with Crippen molar-refractivity contribution in [3.8, 4) is 0 Å². The maximum Gasteiger partial charge on any atom is 2.00 e. The van der Waals surface area contributed by atoms with Gasteiger partial charge in [-0.05, 0) is 51.4 Å². The van der Waals surface area contributed by atoms with Gasteiger partial charge in [-0.15, -0.1) is 0 Å². The van der Waals surface area contributed by atoms with Crippen molar-refractivity contribution in [3.05, 3.63) is 0 Å². The van der Waals surface area contributed by atoms with Crippen LogP contribution in [0.1, 0.15) is 78.1 Å². The fraction of sp³-hybridized carbons (Fsp3) is 0.875. The number of rotatable bonds is 12. The van der Waals surface area contributed by atoms with Crippen molar-refractivity contribution in [2.45, 2.75) is 90.4 Å². The molecule has 4 nitrogen and oxygen atoms in total. The van der Waals surface area contributed by atoms with Crippen LogP contribution in [0, 0.1) is 0 Å². The molecule has 7 heteroatoms. The first-order valence-electron chi connectivity index (χ1n) is 8.01. The average molecular weight is 362 g/mol. The summed E-state index contributed by atoms with van der Waals surface area (Å²) in [7, 11) is 0. The molecule has 0 heterocycles. The molecule has 0 aromatic rings. The molecule has 0 aliphatic heterocycles. The van der Waals surface area contributed by atoms with Gasteiger partial charge < -0.3 is 19.8 Å². The monoisotopic (exact) mass is 362 g/mol. The van der Waals surface area contributed by atoms with Gasteiger partial charge in [0.05, 0.1) is 12.3 Å². The van der Waals surface area contributed by atoms with E-state index in [0.717, 1.165) is 0 Å². The molecule has 23 heavy (non-hydrogen) atoms. The third-order valence-electron chi connectivity index (χ3n) is 3.18. The van der Waals surface area contributed by atoms with Gasteiger partial charge in [-0.1, -0.05) is 26.7 Å². The summed E-state index contributed by atoms with van der Waals surface area (Å²) in [4.78, 5) is 19.8. The van der Waals surface area contributed by atoms with E-state index in [9.17, 15) is 28.6 Å². The molecule has 0 saturated heterocycles. The molecular weight excluding hydrogens is 334 g/mol. The number of hydrogen-bond donors (Lipinski definition) is 0. The Labute approximate surface area is 168 Å². The number of carboxylic acids is 2. The first-order chi connectivity index (χ1) is 10.3. The van der Waals surface area contributed by atoms with Crippen molar-refractivity contribution in [1.29, 1.82) is 0 Å². The van der Waals surface area contributed by atoms with Crippen molar-refractivity contribution in [2.75, 3.05) is 0 Å². The second-order valence-electron chi connectivity index (χ2n) is 5.25. The van der Waals surface area contributed by atoms with Gasteiger partial charge in [-0.2, -0.15) is 0 Å². The molecule has 0 aromatic carbocycles. The molecule has 0 N–H and O–H groups in total. The van der Waals surface area contributed by atoms with Gasteiger partial charge in [0.2, 0.25) is 0 Å². The van der Waals surface area contributed by atoms with Crippen LogP contribution in [0.2, 0.25) is 0 Å². The summed E-state index contributed by atoms with van der Waals surface area (Å²) < 4.78 is 25.0. The Morgan fingerprint density at radius 2 is 1.09 bits per heavy atom. The number of carboxylic acid groups (broad SMARTS) is 2. The predicted molar refractivity (Wildman–Crippen MR) is 83.1 cm³/mol. The van der Waals surface area contributed by atoms with Crippen molar-refractivity contribution >= 4 is 49.7 Å². The summed E-state index contributed by atoms with van der Waals surface area (Å²) >= 11 is 0. The van der Waals surface area contributed by atoms with E-state index < -0.39 is 24.3 Å². The first-order valence-corrected chi connectivity index (χ1v) is 8.01. The summed E-state index contributed by atoms with van der Waals surface area (Å²) in [6.07, 6.45) is 2.91. The fourth-order valence-electron chi connectivity index (χ4n) is 1.68. The number of aliphatic carboxylic acids is 2. The van der Waals surface area contributed by atoms with Crippen LogP contribution in [0.15, 0.2) is 0 Å². The van der Waals surface area contributed by atoms with E-state index in [-0.39, 0.29) is 50.6 Å². The Kier molecular flexibility index (Phi) is 24.4. The van der Waals surface area contributed by atoms with Gasteiger partial charge in [-0.3, -0.25) is 0 Å². The summed E-state index contributed by atoms with van der Waals surface area (Å²) in [6.45, 7) is 3.56. The van der Waals surface area contributed by atoms with Crippen molar-refractivity contribution in [2.24, 2.45) is 0 Å². The van der Waals surface area contributed by atoms with Gasteiger partial charge in [-0.25, -0.2) is 8.78 Å². The van der Waals surface area contributed by atoms with Gasteiger partial charge >= 0.3 is 37.7 Å². The van der Waals surface area contributed by atoms with Crippen LogP contribution >= 0.6 is 0 Å². The molecule has 0 radical (unpaired) electrons. The summed E-state index contributed by atoms with van der Waals surface area (Å²) in [6, 6.07) is 0. The number of alkyl halides is 2. The number of carbonyl (C=O) groups excluding carboxylic acids is 2. The van der Waals surface area contributed by atoms with Crippen molar-refractivity contribution < 1.29 is 28.6 Å². The summed E-state index contributed by atoms with van der Waals surface area (Å²) in [5, 5.41) is 19.8. The predicted octanol–water partition coefficient (Wildman–Crippen LogP) is 1.71. The van der Waals surface area contributed by atoms with Crippen LogP contribution in [-0.4, -0.2) is 62.0 Å². The summed E-state index contributed by atoms with van der Waals surface area (Å²) in [5.41, 5.74) is 0. The zero-order chi connectivity index (χ0) is 17.4. The number of carbonyl (C=O) groups is 2. The first kappa shape index (κ1) is 27.9. The molecule has 132 valence electrons. The maximum absolute atomic E-state index is 12.5. The van der Waals surface area contributed by atoms with E-state index in [0.29, 0.717) is 51.4 Å². The molecule has 0 aliphatic rings. The minimum atomic E-state index is -1.04. The Balaban J connectivity index is -0.000000333.